The van der Waals surface area contributed by atoms with Crippen molar-refractivity contribution in [2.75, 3.05) is 52.5 Å². The van der Waals surface area contributed by atoms with Gasteiger partial charge in [0.25, 0.3) is 0 Å². The van der Waals surface area contributed by atoms with Gasteiger partial charge in [-0.2, -0.15) is 0 Å². The quantitative estimate of drug-likeness (QED) is 0.768. The van der Waals surface area contributed by atoms with Crippen LogP contribution in [0.3, 0.4) is 0 Å². The highest BCUT2D eigenvalue weighted by atomic mass is 16.5. The molecule has 19 heavy (non-hydrogen) atoms. The molecule has 110 valence electrons. The van der Waals surface area contributed by atoms with Gasteiger partial charge in [0.2, 0.25) is 0 Å². The third kappa shape index (κ3) is 3.48. The van der Waals surface area contributed by atoms with E-state index in [1.807, 2.05) is 0 Å². The lowest BCUT2D eigenvalue weighted by Crippen LogP contribution is -2.59. The number of morpholine rings is 1. The fourth-order valence-corrected chi connectivity index (χ4v) is 3.30. The van der Waals surface area contributed by atoms with Gasteiger partial charge < -0.3 is 9.47 Å². The van der Waals surface area contributed by atoms with Crippen LogP contribution in [-0.2, 0) is 9.47 Å². The van der Waals surface area contributed by atoms with E-state index in [2.05, 4.69) is 23.6 Å². The SMILES string of the molecule is CC(C)N1CCOCC2(CN(CC3CC3)CCO2)C1. The summed E-state index contributed by atoms with van der Waals surface area (Å²) in [5.41, 5.74) is -0.0894. The Morgan fingerprint density at radius 2 is 2.00 bits per heavy atom. The minimum absolute atomic E-state index is 0.0894. The maximum absolute atomic E-state index is 6.19. The van der Waals surface area contributed by atoms with Crippen LogP contribution in [0.4, 0.5) is 0 Å². The van der Waals surface area contributed by atoms with Crippen LogP contribution in [0.5, 0.6) is 0 Å². The highest BCUT2D eigenvalue weighted by molar-refractivity contribution is 4.94. The van der Waals surface area contributed by atoms with E-state index in [-0.39, 0.29) is 5.60 Å². The lowest BCUT2D eigenvalue weighted by atomic mass is 10.0. The summed E-state index contributed by atoms with van der Waals surface area (Å²) >= 11 is 0. The molecule has 3 fully saturated rings. The Morgan fingerprint density at radius 1 is 1.16 bits per heavy atom. The van der Waals surface area contributed by atoms with Crippen LogP contribution in [0.25, 0.3) is 0 Å². The van der Waals surface area contributed by atoms with Crippen molar-refractivity contribution in [1.82, 2.24) is 9.80 Å². The summed E-state index contributed by atoms with van der Waals surface area (Å²) in [7, 11) is 0. The van der Waals surface area contributed by atoms with Crippen LogP contribution in [0.2, 0.25) is 0 Å². The first kappa shape index (κ1) is 13.8. The Bertz CT molecular complexity index is 307. The summed E-state index contributed by atoms with van der Waals surface area (Å²) in [6.07, 6.45) is 2.86. The molecule has 2 heterocycles. The van der Waals surface area contributed by atoms with E-state index in [1.54, 1.807) is 0 Å². The number of hydrogen-bond acceptors (Lipinski definition) is 4. The summed E-state index contributed by atoms with van der Waals surface area (Å²) in [6, 6.07) is 0.570. The van der Waals surface area contributed by atoms with E-state index in [1.165, 1.54) is 19.4 Å². The Kier molecular flexibility index (Phi) is 4.13. The topological polar surface area (TPSA) is 24.9 Å². The Labute approximate surface area is 117 Å². The summed E-state index contributed by atoms with van der Waals surface area (Å²) < 4.78 is 12.0. The van der Waals surface area contributed by atoms with Gasteiger partial charge in [0.1, 0.15) is 5.60 Å². The van der Waals surface area contributed by atoms with Crippen molar-refractivity contribution in [2.45, 2.75) is 38.3 Å². The van der Waals surface area contributed by atoms with Gasteiger partial charge in [0, 0.05) is 38.8 Å². The van der Waals surface area contributed by atoms with Gasteiger partial charge in [0.15, 0.2) is 0 Å². The standard InChI is InChI=1S/C15H28N2O2/c1-13(2)17-6-7-18-12-15(11-17)10-16(5-8-19-15)9-14-3-4-14/h13-14H,3-12H2,1-2H3. The molecule has 0 bridgehead atoms. The highest BCUT2D eigenvalue weighted by Crippen LogP contribution is 2.32. The van der Waals surface area contributed by atoms with Gasteiger partial charge in [-0.1, -0.05) is 0 Å². The lowest BCUT2D eigenvalue weighted by Gasteiger charge is -2.44. The molecule has 3 aliphatic rings. The molecule has 4 heteroatoms. The second kappa shape index (κ2) is 5.68. The number of hydrogen-bond donors (Lipinski definition) is 0. The highest BCUT2D eigenvalue weighted by Gasteiger charge is 2.41. The van der Waals surface area contributed by atoms with Crippen molar-refractivity contribution < 1.29 is 9.47 Å². The molecule has 1 spiro atoms. The summed E-state index contributed by atoms with van der Waals surface area (Å²) in [4.78, 5) is 5.11. The monoisotopic (exact) mass is 268 g/mol. The van der Waals surface area contributed by atoms with Gasteiger partial charge in [-0.25, -0.2) is 0 Å². The van der Waals surface area contributed by atoms with Crippen molar-refractivity contribution in [1.29, 1.82) is 0 Å². The molecule has 3 rings (SSSR count). The van der Waals surface area contributed by atoms with Crippen LogP contribution in [0.1, 0.15) is 26.7 Å². The Balaban J connectivity index is 1.64. The van der Waals surface area contributed by atoms with E-state index in [0.29, 0.717) is 6.04 Å². The predicted molar refractivity (Wildman–Crippen MR) is 75.4 cm³/mol. The molecule has 0 amide bonds. The first-order valence-corrected chi connectivity index (χ1v) is 7.85. The van der Waals surface area contributed by atoms with Gasteiger partial charge in [0.05, 0.1) is 19.8 Å². The largest absolute Gasteiger partial charge is 0.377 e. The molecule has 0 aromatic carbocycles. The summed E-state index contributed by atoms with van der Waals surface area (Å²) in [5.74, 6) is 0.961. The van der Waals surface area contributed by atoms with Crippen molar-refractivity contribution >= 4 is 0 Å². The van der Waals surface area contributed by atoms with Crippen LogP contribution in [-0.4, -0.2) is 74.0 Å². The molecule has 2 aliphatic heterocycles. The van der Waals surface area contributed by atoms with E-state index >= 15 is 0 Å². The molecule has 4 nitrogen and oxygen atoms in total. The molecule has 0 radical (unpaired) electrons. The third-order valence-corrected chi connectivity index (χ3v) is 4.65. The molecule has 0 N–H and O–H groups in total. The van der Waals surface area contributed by atoms with Crippen molar-refractivity contribution in [3.05, 3.63) is 0 Å². The van der Waals surface area contributed by atoms with Gasteiger partial charge >= 0.3 is 0 Å². The minimum Gasteiger partial charge on any atom is -0.377 e. The molecular weight excluding hydrogens is 240 g/mol. The normalized spacial score (nSPS) is 34.9. The molecule has 1 atom stereocenters. The maximum Gasteiger partial charge on any atom is 0.117 e. The smallest absolute Gasteiger partial charge is 0.117 e. The lowest BCUT2D eigenvalue weighted by molar-refractivity contribution is -0.143. The van der Waals surface area contributed by atoms with Crippen LogP contribution in [0, 0.1) is 5.92 Å². The average Bonchev–Trinajstić information content (AvgIpc) is 3.18. The zero-order chi connectivity index (χ0) is 13.3. The first-order chi connectivity index (χ1) is 9.17. The third-order valence-electron chi connectivity index (χ3n) is 4.65. The number of rotatable bonds is 3. The summed E-state index contributed by atoms with van der Waals surface area (Å²) in [5, 5.41) is 0. The Morgan fingerprint density at radius 3 is 2.74 bits per heavy atom. The van der Waals surface area contributed by atoms with E-state index in [4.69, 9.17) is 9.47 Å². The molecular formula is C15H28N2O2. The van der Waals surface area contributed by atoms with Gasteiger partial charge in [-0.15, -0.1) is 0 Å². The first-order valence-electron chi connectivity index (χ1n) is 7.85. The molecule has 1 aliphatic carbocycles. The van der Waals surface area contributed by atoms with E-state index in [0.717, 1.165) is 51.9 Å². The van der Waals surface area contributed by atoms with E-state index < -0.39 is 0 Å². The zero-order valence-electron chi connectivity index (χ0n) is 12.4. The zero-order valence-corrected chi connectivity index (χ0v) is 12.4. The fourth-order valence-electron chi connectivity index (χ4n) is 3.30. The number of nitrogens with zero attached hydrogens (tertiary/aromatic N) is 2. The van der Waals surface area contributed by atoms with E-state index in [9.17, 15) is 0 Å². The maximum atomic E-state index is 6.19. The van der Waals surface area contributed by atoms with Crippen LogP contribution in [0.15, 0.2) is 0 Å². The van der Waals surface area contributed by atoms with Crippen LogP contribution >= 0.6 is 0 Å². The molecule has 0 aromatic heterocycles. The Hall–Kier alpha value is -0.160. The molecule has 2 saturated heterocycles. The fraction of sp³-hybridized carbons (Fsp3) is 1.00. The molecule has 0 aromatic rings. The van der Waals surface area contributed by atoms with Crippen molar-refractivity contribution in [3.8, 4) is 0 Å². The average molecular weight is 268 g/mol. The van der Waals surface area contributed by atoms with Crippen molar-refractivity contribution in [2.24, 2.45) is 5.92 Å². The van der Waals surface area contributed by atoms with Gasteiger partial charge in [-0.05, 0) is 32.6 Å². The summed E-state index contributed by atoms with van der Waals surface area (Å²) in [6.45, 7) is 12.5. The number of ether oxygens (including phenoxy) is 2. The second-order valence-electron chi connectivity index (χ2n) is 6.83. The van der Waals surface area contributed by atoms with Crippen molar-refractivity contribution in [3.63, 3.8) is 0 Å². The minimum atomic E-state index is -0.0894. The molecule has 1 unspecified atom stereocenters. The second-order valence-corrected chi connectivity index (χ2v) is 6.83. The van der Waals surface area contributed by atoms with Crippen LogP contribution < -0.4 is 0 Å². The molecule has 1 saturated carbocycles. The van der Waals surface area contributed by atoms with Gasteiger partial charge in [-0.3, -0.25) is 9.80 Å². The predicted octanol–water partition coefficient (Wildman–Crippen LogP) is 1.21.